The first-order chi connectivity index (χ1) is 11.8. The van der Waals surface area contributed by atoms with E-state index in [1.165, 1.54) is 0 Å². The van der Waals surface area contributed by atoms with Gasteiger partial charge in [0.1, 0.15) is 0 Å². The molecule has 0 aliphatic heterocycles. The van der Waals surface area contributed by atoms with Crippen LogP contribution in [0.5, 0.6) is 0 Å². The summed E-state index contributed by atoms with van der Waals surface area (Å²) in [4.78, 5) is 0. The minimum absolute atomic E-state index is 0.0889. The molecule has 0 heterocycles. The molecule has 0 saturated heterocycles. The monoisotopic (exact) mass is 360 g/mol. The molecule has 0 aliphatic rings. The second-order valence-electron chi connectivity index (χ2n) is 6.57. The van der Waals surface area contributed by atoms with Crippen molar-refractivity contribution in [2.24, 2.45) is 5.73 Å². The lowest BCUT2D eigenvalue weighted by atomic mass is 9.99. The van der Waals surface area contributed by atoms with E-state index in [2.05, 4.69) is 48.0 Å². The summed E-state index contributed by atoms with van der Waals surface area (Å²) >= 11 is 0. The second kappa shape index (κ2) is 8.61. The highest BCUT2D eigenvalue weighted by atomic mass is 32.2. The number of nitrogens with two attached hydrogens (primary N) is 1. The molecule has 2 aromatic carbocycles. The summed E-state index contributed by atoms with van der Waals surface area (Å²) in [5.74, 6) is 0. The number of sulfonamides is 1. The van der Waals surface area contributed by atoms with E-state index >= 15 is 0 Å². The number of nitrogens with one attached hydrogen (secondary N) is 1. The number of hydrogen-bond acceptors (Lipinski definition) is 3. The van der Waals surface area contributed by atoms with Crippen LogP contribution < -0.4 is 10.5 Å². The molecule has 0 bridgehead atoms. The predicted octanol–water partition coefficient (Wildman–Crippen LogP) is 3.63. The van der Waals surface area contributed by atoms with E-state index in [4.69, 9.17) is 5.73 Å². The van der Waals surface area contributed by atoms with Gasteiger partial charge in [-0.1, -0.05) is 55.5 Å². The van der Waals surface area contributed by atoms with Gasteiger partial charge in [0.25, 0.3) is 0 Å². The highest BCUT2D eigenvalue weighted by Crippen LogP contribution is 2.23. The normalized spacial score (nSPS) is 13.2. The lowest BCUT2D eigenvalue weighted by molar-refractivity contribution is 0.572. The van der Waals surface area contributed by atoms with Gasteiger partial charge in [-0.3, -0.25) is 0 Å². The molecule has 0 aromatic heterocycles. The van der Waals surface area contributed by atoms with Crippen molar-refractivity contribution in [1.82, 2.24) is 4.72 Å². The van der Waals surface area contributed by atoms with Gasteiger partial charge in [-0.2, -0.15) is 0 Å². The van der Waals surface area contributed by atoms with Gasteiger partial charge in [0.2, 0.25) is 10.0 Å². The smallest absolute Gasteiger partial charge is 0.213 e. The minimum atomic E-state index is -3.19. The summed E-state index contributed by atoms with van der Waals surface area (Å²) in [7, 11) is -3.19. The van der Waals surface area contributed by atoms with Gasteiger partial charge in [0, 0.05) is 12.6 Å². The largest absolute Gasteiger partial charge is 0.324 e. The maximum atomic E-state index is 11.7. The fraction of sp³-hybridized carbons (Fsp3) is 0.400. The lowest BCUT2D eigenvalue weighted by Crippen LogP contribution is -2.32. The summed E-state index contributed by atoms with van der Waals surface area (Å²) in [6, 6.07) is 16.7. The molecule has 3 N–H and O–H groups in total. The third-order valence-electron chi connectivity index (χ3n) is 4.40. The van der Waals surface area contributed by atoms with Crippen LogP contribution in [0.4, 0.5) is 0 Å². The first-order valence-electron chi connectivity index (χ1n) is 8.77. The Morgan fingerprint density at radius 3 is 1.96 bits per heavy atom. The maximum Gasteiger partial charge on any atom is 0.213 e. The van der Waals surface area contributed by atoms with Crippen LogP contribution in [0.1, 0.15) is 44.4 Å². The molecule has 0 aliphatic carbocycles. The molecule has 2 aromatic rings. The van der Waals surface area contributed by atoms with Crippen LogP contribution in [-0.2, 0) is 16.4 Å². The van der Waals surface area contributed by atoms with Crippen LogP contribution in [-0.4, -0.2) is 20.2 Å². The Hall–Kier alpha value is -1.69. The highest BCUT2D eigenvalue weighted by Gasteiger charge is 2.14. The first kappa shape index (κ1) is 19.6. The van der Waals surface area contributed by atoms with E-state index in [0.29, 0.717) is 13.0 Å². The summed E-state index contributed by atoms with van der Waals surface area (Å²) in [5, 5.41) is -0.404. The molecule has 2 rings (SSSR count). The minimum Gasteiger partial charge on any atom is -0.324 e. The van der Waals surface area contributed by atoms with Gasteiger partial charge >= 0.3 is 0 Å². The standard InChI is InChI=1S/C20H28N2O2S/c1-4-20(21)19-11-9-18(10-12-19)17-7-5-16(6-8-17)13-14-22-25(23,24)15(2)3/h5-12,15,20,22H,4,13-14,21H2,1-3H3. The van der Waals surface area contributed by atoms with Crippen LogP contribution in [0.2, 0.25) is 0 Å². The van der Waals surface area contributed by atoms with Gasteiger partial charge < -0.3 is 5.73 Å². The molecule has 136 valence electrons. The summed E-state index contributed by atoms with van der Waals surface area (Å²) in [6.07, 6.45) is 1.60. The van der Waals surface area contributed by atoms with Gasteiger partial charge in [-0.15, -0.1) is 0 Å². The molecule has 1 unspecified atom stereocenters. The molecule has 0 fully saturated rings. The second-order valence-corrected chi connectivity index (χ2v) is 8.89. The Kier molecular flexibility index (Phi) is 6.76. The van der Waals surface area contributed by atoms with Crippen molar-refractivity contribution in [3.63, 3.8) is 0 Å². The fourth-order valence-electron chi connectivity index (χ4n) is 2.53. The van der Waals surface area contributed by atoms with Crippen molar-refractivity contribution in [2.75, 3.05) is 6.54 Å². The average molecular weight is 361 g/mol. The van der Waals surface area contributed by atoms with Crippen LogP contribution in [0.3, 0.4) is 0 Å². The first-order valence-corrected chi connectivity index (χ1v) is 10.3. The van der Waals surface area contributed by atoms with Crippen molar-refractivity contribution in [3.8, 4) is 11.1 Å². The molecule has 4 nitrogen and oxygen atoms in total. The van der Waals surface area contributed by atoms with E-state index in [-0.39, 0.29) is 6.04 Å². The molecule has 25 heavy (non-hydrogen) atoms. The molecule has 0 amide bonds. The van der Waals surface area contributed by atoms with Gasteiger partial charge in [0.05, 0.1) is 5.25 Å². The Bertz CT molecular complexity index is 766. The SMILES string of the molecule is CCC(N)c1ccc(-c2ccc(CCNS(=O)(=O)C(C)C)cc2)cc1. The number of rotatable bonds is 8. The summed E-state index contributed by atoms with van der Waals surface area (Å²) in [6.45, 7) is 5.85. The van der Waals surface area contributed by atoms with Crippen molar-refractivity contribution in [2.45, 2.75) is 44.9 Å². The van der Waals surface area contributed by atoms with Gasteiger partial charge in [0.15, 0.2) is 0 Å². The Labute approximate surface area is 151 Å². The molecule has 5 heteroatoms. The van der Waals surface area contributed by atoms with E-state index in [1.807, 2.05) is 12.1 Å². The molecule has 1 atom stereocenters. The topological polar surface area (TPSA) is 72.2 Å². The van der Waals surface area contributed by atoms with E-state index in [1.54, 1.807) is 13.8 Å². The zero-order valence-corrected chi connectivity index (χ0v) is 16.0. The molecule has 0 spiro atoms. The Morgan fingerprint density at radius 1 is 0.960 bits per heavy atom. The fourth-order valence-corrected chi connectivity index (χ4v) is 3.25. The summed E-state index contributed by atoms with van der Waals surface area (Å²) in [5.41, 5.74) is 10.6. The van der Waals surface area contributed by atoms with Crippen molar-refractivity contribution in [1.29, 1.82) is 0 Å². The van der Waals surface area contributed by atoms with E-state index in [9.17, 15) is 8.42 Å². The van der Waals surface area contributed by atoms with Gasteiger partial charge in [-0.25, -0.2) is 13.1 Å². The van der Waals surface area contributed by atoms with Crippen LogP contribution in [0.25, 0.3) is 11.1 Å². The zero-order chi connectivity index (χ0) is 18.4. The highest BCUT2D eigenvalue weighted by molar-refractivity contribution is 7.90. The maximum absolute atomic E-state index is 11.7. The average Bonchev–Trinajstić information content (AvgIpc) is 2.61. The third-order valence-corrected chi connectivity index (χ3v) is 6.25. The zero-order valence-electron chi connectivity index (χ0n) is 15.2. The lowest BCUT2D eigenvalue weighted by Gasteiger charge is -2.11. The molecule has 0 saturated carbocycles. The van der Waals surface area contributed by atoms with Crippen LogP contribution >= 0.6 is 0 Å². The van der Waals surface area contributed by atoms with Crippen molar-refractivity contribution in [3.05, 3.63) is 59.7 Å². The number of benzene rings is 2. The van der Waals surface area contributed by atoms with E-state index in [0.717, 1.165) is 28.7 Å². The van der Waals surface area contributed by atoms with Crippen LogP contribution in [0.15, 0.2) is 48.5 Å². The molecular formula is C20H28N2O2S. The van der Waals surface area contributed by atoms with Crippen LogP contribution in [0, 0.1) is 0 Å². The quantitative estimate of drug-likeness (QED) is 0.755. The number of hydrogen-bond donors (Lipinski definition) is 2. The molecular weight excluding hydrogens is 332 g/mol. The summed E-state index contributed by atoms with van der Waals surface area (Å²) < 4.78 is 26.1. The van der Waals surface area contributed by atoms with E-state index < -0.39 is 15.3 Å². The van der Waals surface area contributed by atoms with Crippen molar-refractivity contribution >= 4 is 10.0 Å². The third kappa shape index (κ3) is 5.39. The Balaban J connectivity index is 1.98. The molecule has 0 radical (unpaired) electrons. The Morgan fingerprint density at radius 2 is 1.48 bits per heavy atom. The van der Waals surface area contributed by atoms with Gasteiger partial charge in [-0.05, 0) is 48.9 Å². The van der Waals surface area contributed by atoms with Crippen molar-refractivity contribution < 1.29 is 8.42 Å². The predicted molar refractivity (Wildman–Crippen MR) is 105 cm³/mol.